The number of benzene rings is 3. The molecule has 0 unspecified atom stereocenters. The van der Waals surface area contributed by atoms with E-state index in [0.717, 1.165) is 16.7 Å². The van der Waals surface area contributed by atoms with Crippen LogP contribution in [0.15, 0.2) is 90.1 Å². The van der Waals surface area contributed by atoms with E-state index in [9.17, 15) is 4.79 Å². The van der Waals surface area contributed by atoms with Gasteiger partial charge in [0.05, 0.1) is 5.92 Å². The van der Waals surface area contributed by atoms with Crippen LogP contribution in [0.5, 0.6) is 0 Å². The number of anilines is 1. The number of nitrogens with two attached hydrogens (primary N) is 1. The van der Waals surface area contributed by atoms with Crippen molar-refractivity contribution in [1.29, 1.82) is 0 Å². The fraction of sp³-hybridized carbons (Fsp3) is 0.0909. The maximum absolute atomic E-state index is 12.0. The highest BCUT2D eigenvalue weighted by Crippen LogP contribution is 2.24. The van der Waals surface area contributed by atoms with Crippen molar-refractivity contribution in [3.05, 3.63) is 102 Å². The van der Waals surface area contributed by atoms with Crippen LogP contribution in [-0.4, -0.2) is 11.9 Å². The van der Waals surface area contributed by atoms with Gasteiger partial charge in [-0.25, -0.2) is 4.79 Å². The van der Waals surface area contributed by atoms with E-state index in [-0.39, 0.29) is 11.8 Å². The normalized spacial score (nSPS) is 11.3. The lowest BCUT2D eigenvalue weighted by Gasteiger charge is -2.17. The topological polar surface area (TPSA) is 76.7 Å². The Morgan fingerprint density at radius 3 is 2.07 bits per heavy atom. The molecule has 27 heavy (non-hydrogen) atoms. The van der Waals surface area contributed by atoms with Crippen molar-refractivity contribution in [2.45, 2.75) is 12.8 Å². The Hall–Kier alpha value is -3.60. The summed E-state index contributed by atoms with van der Waals surface area (Å²) in [5.41, 5.74) is 9.79. The van der Waals surface area contributed by atoms with Gasteiger partial charge in [0, 0.05) is 5.69 Å². The first-order valence-electron chi connectivity index (χ1n) is 8.61. The summed E-state index contributed by atoms with van der Waals surface area (Å²) in [7, 11) is 0. The molecule has 0 saturated heterocycles. The minimum Gasteiger partial charge on any atom is -0.384 e. The maximum Gasteiger partial charge on any atom is 0.437 e. The SMILES string of the molecule is Cc1cccc(NC(=O)ON=C(N)C(c2ccccc2)c2ccccc2)c1. The van der Waals surface area contributed by atoms with Crippen molar-refractivity contribution in [2.24, 2.45) is 10.9 Å². The molecule has 5 heteroatoms. The molecule has 3 rings (SSSR count). The van der Waals surface area contributed by atoms with Crippen molar-refractivity contribution in [1.82, 2.24) is 0 Å². The van der Waals surface area contributed by atoms with Crippen molar-refractivity contribution in [3.8, 4) is 0 Å². The predicted octanol–water partition coefficient (Wildman–Crippen LogP) is 4.65. The van der Waals surface area contributed by atoms with Crippen LogP contribution in [0.4, 0.5) is 10.5 Å². The molecule has 1 amide bonds. The zero-order valence-corrected chi connectivity index (χ0v) is 15.0. The van der Waals surface area contributed by atoms with Gasteiger partial charge in [-0.15, -0.1) is 0 Å². The quantitative estimate of drug-likeness (QED) is 0.301. The summed E-state index contributed by atoms with van der Waals surface area (Å²) in [6.07, 6.45) is -0.691. The number of nitrogens with one attached hydrogen (secondary N) is 1. The molecule has 3 aromatic carbocycles. The second kappa shape index (κ2) is 8.67. The predicted molar refractivity (Wildman–Crippen MR) is 108 cm³/mol. The molecule has 0 spiro atoms. The van der Waals surface area contributed by atoms with Crippen LogP contribution >= 0.6 is 0 Å². The lowest BCUT2D eigenvalue weighted by molar-refractivity contribution is 0.166. The van der Waals surface area contributed by atoms with Gasteiger partial charge in [0.1, 0.15) is 0 Å². The molecule has 0 aliphatic heterocycles. The molecule has 0 fully saturated rings. The van der Waals surface area contributed by atoms with Crippen LogP contribution in [0, 0.1) is 6.92 Å². The molecular formula is C22H21N3O2. The molecule has 0 bridgehead atoms. The number of aryl methyl sites for hydroxylation is 1. The summed E-state index contributed by atoms with van der Waals surface area (Å²) in [6.45, 7) is 1.94. The van der Waals surface area contributed by atoms with E-state index < -0.39 is 6.09 Å². The number of carbonyl (C=O) groups excluding carboxylic acids is 1. The smallest absolute Gasteiger partial charge is 0.384 e. The van der Waals surface area contributed by atoms with Crippen molar-refractivity contribution in [2.75, 3.05) is 5.32 Å². The van der Waals surface area contributed by atoms with E-state index in [2.05, 4.69) is 10.5 Å². The minimum absolute atomic E-state index is 0.201. The number of hydrogen-bond acceptors (Lipinski definition) is 3. The van der Waals surface area contributed by atoms with Crippen LogP contribution in [-0.2, 0) is 4.84 Å². The van der Waals surface area contributed by atoms with E-state index >= 15 is 0 Å². The fourth-order valence-electron chi connectivity index (χ4n) is 2.84. The van der Waals surface area contributed by atoms with E-state index in [1.807, 2.05) is 85.8 Å². The molecule has 5 nitrogen and oxygen atoms in total. The van der Waals surface area contributed by atoms with Gasteiger partial charge in [-0.3, -0.25) is 10.2 Å². The molecular weight excluding hydrogens is 338 g/mol. The van der Waals surface area contributed by atoms with Crippen molar-refractivity contribution in [3.63, 3.8) is 0 Å². The van der Waals surface area contributed by atoms with Crippen LogP contribution in [0.25, 0.3) is 0 Å². The molecule has 0 aromatic heterocycles. The Morgan fingerprint density at radius 1 is 0.926 bits per heavy atom. The molecule has 0 saturated carbocycles. The summed E-state index contributed by atoms with van der Waals surface area (Å²) in [5, 5.41) is 6.51. The second-order valence-corrected chi connectivity index (χ2v) is 6.14. The van der Waals surface area contributed by atoms with Gasteiger partial charge < -0.3 is 5.73 Å². The molecule has 0 aliphatic rings. The zero-order valence-electron chi connectivity index (χ0n) is 15.0. The Bertz CT molecular complexity index is 885. The number of rotatable bonds is 5. The summed E-state index contributed by atoms with van der Waals surface area (Å²) >= 11 is 0. The first-order valence-corrected chi connectivity index (χ1v) is 8.61. The number of amidine groups is 1. The Morgan fingerprint density at radius 2 is 1.52 bits per heavy atom. The Labute approximate surface area is 158 Å². The molecule has 0 radical (unpaired) electrons. The number of amides is 1. The highest BCUT2D eigenvalue weighted by atomic mass is 16.7. The monoisotopic (exact) mass is 359 g/mol. The third-order valence-electron chi connectivity index (χ3n) is 4.06. The van der Waals surface area contributed by atoms with Gasteiger partial charge in [0.15, 0.2) is 5.84 Å². The fourth-order valence-corrected chi connectivity index (χ4v) is 2.84. The molecule has 136 valence electrons. The zero-order chi connectivity index (χ0) is 19.1. The molecule has 0 atom stereocenters. The molecule has 3 N–H and O–H groups in total. The first kappa shape index (κ1) is 18.2. The average molecular weight is 359 g/mol. The Balaban J connectivity index is 1.77. The van der Waals surface area contributed by atoms with Gasteiger partial charge in [-0.05, 0) is 35.7 Å². The van der Waals surface area contributed by atoms with E-state index in [4.69, 9.17) is 10.6 Å². The Kier molecular flexibility index (Phi) is 5.84. The second-order valence-electron chi connectivity index (χ2n) is 6.14. The van der Waals surface area contributed by atoms with Gasteiger partial charge >= 0.3 is 6.09 Å². The summed E-state index contributed by atoms with van der Waals surface area (Å²) in [5.74, 6) is -0.106. The third kappa shape index (κ3) is 4.95. The van der Waals surface area contributed by atoms with E-state index in [1.54, 1.807) is 6.07 Å². The van der Waals surface area contributed by atoms with E-state index in [1.165, 1.54) is 0 Å². The number of carbonyl (C=O) groups is 1. The number of oxime groups is 1. The molecule has 0 aliphatic carbocycles. The minimum atomic E-state index is -0.691. The molecule has 3 aromatic rings. The summed E-state index contributed by atoms with van der Waals surface area (Å²) in [4.78, 5) is 17.0. The first-order chi connectivity index (χ1) is 13.1. The van der Waals surface area contributed by atoms with Crippen LogP contribution in [0.1, 0.15) is 22.6 Å². The lowest BCUT2D eigenvalue weighted by atomic mass is 9.90. The van der Waals surface area contributed by atoms with Gasteiger partial charge in [0.25, 0.3) is 0 Å². The van der Waals surface area contributed by atoms with Crippen LogP contribution in [0.2, 0.25) is 0 Å². The third-order valence-corrected chi connectivity index (χ3v) is 4.06. The highest BCUT2D eigenvalue weighted by molar-refractivity contribution is 5.91. The number of hydrogen-bond donors (Lipinski definition) is 2. The van der Waals surface area contributed by atoms with Gasteiger partial charge in [-0.2, -0.15) is 0 Å². The molecule has 0 heterocycles. The average Bonchev–Trinajstić information content (AvgIpc) is 2.68. The maximum atomic E-state index is 12.0. The van der Waals surface area contributed by atoms with E-state index in [0.29, 0.717) is 5.69 Å². The highest BCUT2D eigenvalue weighted by Gasteiger charge is 2.19. The van der Waals surface area contributed by atoms with Crippen LogP contribution in [0.3, 0.4) is 0 Å². The van der Waals surface area contributed by atoms with Crippen molar-refractivity contribution < 1.29 is 9.63 Å². The number of nitrogens with zero attached hydrogens (tertiary/aromatic N) is 1. The van der Waals surface area contributed by atoms with Crippen LogP contribution < -0.4 is 11.1 Å². The standard InChI is InChI=1S/C22H21N3O2/c1-16-9-8-14-19(15-16)24-22(26)27-25-21(23)20(17-10-4-2-5-11-17)18-12-6-3-7-13-18/h2-15,20H,1H3,(H2,23,25)(H,24,26). The largest absolute Gasteiger partial charge is 0.437 e. The summed E-state index contributed by atoms with van der Waals surface area (Å²) in [6, 6.07) is 26.9. The van der Waals surface area contributed by atoms with Crippen molar-refractivity contribution >= 4 is 17.6 Å². The summed E-state index contributed by atoms with van der Waals surface area (Å²) < 4.78 is 0. The van der Waals surface area contributed by atoms with Gasteiger partial charge in [0.2, 0.25) is 0 Å². The van der Waals surface area contributed by atoms with Gasteiger partial charge in [-0.1, -0.05) is 78.0 Å². The lowest BCUT2D eigenvalue weighted by Crippen LogP contribution is -2.24.